The van der Waals surface area contributed by atoms with E-state index < -0.39 is 0 Å². The van der Waals surface area contributed by atoms with Gasteiger partial charge in [-0.25, -0.2) is 0 Å². The van der Waals surface area contributed by atoms with E-state index in [0.29, 0.717) is 18.7 Å². The molecule has 0 aliphatic carbocycles. The Balaban J connectivity index is 1.47. The number of thiophene rings is 1. The number of carbonyl (C=O) groups excluding carboxylic acids is 1. The molecular weight excluding hydrogens is 374 g/mol. The van der Waals surface area contributed by atoms with Gasteiger partial charge in [-0.2, -0.15) is 0 Å². The summed E-state index contributed by atoms with van der Waals surface area (Å²) in [6, 6.07) is 10.5. The van der Waals surface area contributed by atoms with Gasteiger partial charge >= 0.3 is 0 Å². The lowest BCUT2D eigenvalue weighted by molar-refractivity contribution is 0.0955. The second kappa shape index (κ2) is 9.98. The van der Waals surface area contributed by atoms with E-state index in [1.54, 1.807) is 23.5 Å². The van der Waals surface area contributed by atoms with Crippen LogP contribution >= 0.6 is 11.3 Å². The molecule has 0 saturated carbocycles. The molecule has 2 aromatic rings. The zero-order chi connectivity index (χ0) is 19.8. The zero-order valence-electron chi connectivity index (χ0n) is 16.1. The van der Waals surface area contributed by atoms with Crippen molar-refractivity contribution in [3.63, 3.8) is 0 Å². The molecule has 3 N–H and O–H groups in total. The molecule has 3 rings (SSSR count). The molecule has 1 aliphatic rings. The van der Waals surface area contributed by atoms with Crippen molar-refractivity contribution in [2.75, 3.05) is 50.7 Å². The number of benzene rings is 1. The predicted octanol–water partition coefficient (Wildman–Crippen LogP) is 1.97. The van der Waals surface area contributed by atoms with Crippen molar-refractivity contribution in [2.45, 2.75) is 6.92 Å². The first kappa shape index (κ1) is 20.0. The lowest BCUT2D eigenvalue weighted by Crippen LogP contribution is -2.52. The summed E-state index contributed by atoms with van der Waals surface area (Å²) in [7, 11) is 0. The number of aromatic hydroxyl groups is 1. The molecule has 1 fully saturated rings. The van der Waals surface area contributed by atoms with Crippen molar-refractivity contribution < 1.29 is 9.90 Å². The van der Waals surface area contributed by atoms with Crippen LogP contribution < -0.4 is 15.5 Å². The molecule has 1 amide bonds. The van der Waals surface area contributed by atoms with Crippen molar-refractivity contribution >= 4 is 28.2 Å². The number of hydrogen-bond acceptors (Lipinski definition) is 5. The summed E-state index contributed by atoms with van der Waals surface area (Å²) in [5.74, 6) is 0.882. The van der Waals surface area contributed by atoms with E-state index in [0.717, 1.165) is 38.7 Å². The summed E-state index contributed by atoms with van der Waals surface area (Å²) in [6.07, 6.45) is 0. The van der Waals surface area contributed by atoms with Crippen molar-refractivity contribution in [3.8, 4) is 5.75 Å². The minimum absolute atomic E-state index is 0.149. The van der Waals surface area contributed by atoms with Crippen LogP contribution in [0.2, 0.25) is 0 Å². The molecule has 1 aromatic carbocycles. The van der Waals surface area contributed by atoms with Crippen molar-refractivity contribution in [1.82, 2.24) is 15.5 Å². The highest BCUT2D eigenvalue weighted by Gasteiger charge is 2.20. The SMILES string of the molecule is CCNC(=NCCNC(=O)c1ccc(O)cc1)N1CCN(c2cccs2)CC1. The van der Waals surface area contributed by atoms with Crippen LogP contribution in [0.3, 0.4) is 0 Å². The summed E-state index contributed by atoms with van der Waals surface area (Å²) in [6.45, 7) is 7.63. The fourth-order valence-corrected chi connectivity index (χ4v) is 3.85. The molecule has 1 aromatic heterocycles. The van der Waals surface area contributed by atoms with Gasteiger partial charge in [0.25, 0.3) is 5.91 Å². The van der Waals surface area contributed by atoms with Gasteiger partial charge in [-0.05, 0) is 48.7 Å². The third-order valence-electron chi connectivity index (χ3n) is 4.52. The molecule has 0 radical (unpaired) electrons. The molecule has 8 heteroatoms. The highest BCUT2D eigenvalue weighted by molar-refractivity contribution is 7.14. The first-order chi connectivity index (χ1) is 13.7. The van der Waals surface area contributed by atoms with Crippen LogP contribution in [0.15, 0.2) is 46.8 Å². The Morgan fingerprint density at radius 3 is 2.54 bits per heavy atom. The average molecular weight is 402 g/mol. The maximum atomic E-state index is 12.1. The lowest BCUT2D eigenvalue weighted by atomic mass is 10.2. The zero-order valence-corrected chi connectivity index (χ0v) is 16.9. The first-order valence-corrected chi connectivity index (χ1v) is 10.4. The fourth-order valence-electron chi connectivity index (χ4n) is 3.06. The number of aliphatic imine (C=N–C) groups is 1. The summed E-state index contributed by atoms with van der Waals surface area (Å²) >= 11 is 1.78. The van der Waals surface area contributed by atoms with Gasteiger partial charge < -0.3 is 25.5 Å². The van der Waals surface area contributed by atoms with E-state index in [1.165, 1.54) is 17.1 Å². The molecule has 7 nitrogen and oxygen atoms in total. The minimum atomic E-state index is -0.162. The van der Waals surface area contributed by atoms with E-state index in [9.17, 15) is 9.90 Å². The monoisotopic (exact) mass is 401 g/mol. The molecule has 150 valence electrons. The number of carbonyl (C=O) groups is 1. The number of rotatable bonds is 6. The Morgan fingerprint density at radius 1 is 1.14 bits per heavy atom. The highest BCUT2D eigenvalue weighted by Crippen LogP contribution is 2.22. The molecule has 0 unspecified atom stereocenters. The molecule has 2 heterocycles. The summed E-state index contributed by atoms with van der Waals surface area (Å²) in [5, 5.41) is 18.9. The largest absolute Gasteiger partial charge is 0.508 e. The second-order valence-electron chi connectivity index (χ2n) is 6.46. The topological polar surface area (TPSA) is 80.2 Å². The van der Waals surface area contributed by atoms with Crippen LogP contribution in [0.1, 0.15) is 17.3 Å². The Labute approximate surface area is 169 Å². The highest BCUT2D eigenvalue weighted by atomic mass is 32.1. The van der Waals surface area contributed by atoms with E-state index in [4.69, 9.17) is 0 Å². The van der Waals surface area contributed by atoms with E-state index in [2.05, 4.69) is 49.9 Å². The Hall–Kier alpha value is -2.74. The number of nitrogens with zero attached hydrogens (tertiary/aromatic N) is 3. The van der Waals surface area contributed by atoms with E-state index >= 15 is 0 Å². The van der Waals surface area contributed by atoms with Crippen molar-refractivity contribution in [3.05, 3.63) is 47.3 Å². The van der Waals surface area contributed by atoms with Crippen LogP contribution in [0.4, 0.5) is 5.00 Å². The van der Waals surface area contributed by atoms with Crippen LogP contribution in [-0.4, -0.2) is 67.7 Å². The van der Waals surface area contributed by atoms with Gasteiger partial charge in [0.05, 0.1) is 11.5 Å². The number of anilines is 1. The predicted molar refractivity (Wildman–Crippen MR) is 115 cm³/mol. The molecule has 0 spiro atoms. The van der Waals surface area contributed by atoms with E-state index in [-0.39, 0.29) is 11.7 Å². The Bertz CT molecular complexity index is 768. The molecular formula is C20H27N5O2S. The number of phenolic OH excluding ortho intramolecular Hbond substituents is 1. The van der Waals surface area contributed by atoms with Gasteiger partial charge in [-0.1, -0.05) is 0 Å². The fraction of sp³-hybridized carbons (Fsp3) is 0.400. The van der Waals surface area contributed by atoms with Crippen molar-refractivity contribution in [1.29, 1.82) is 0 Å². The van der Waals surface area contributed by atoms with Gasteiger partial charge in [0.15, 0.2) is 5.96 Å². The number of nitrogens with one attached hydrogen (secondary N) is 2. The number of phenols is 1. The summed E-state index contributed by atoms with van der Waals surface area (Å²) < 4.78 is 0. The standard InChI is InChI=1S/C20H27N5O2S/c1-2-21-20(25-13-11-24(12-14-25)18-4-3-15-28-18)23-10-9-22-19(27)16-5-7-17(26)8-6-16/h3-8,15,26H,2,9-14H2,1H3,(H,21,23)(H,22,27). The third kappa shape index (κ3) is 5.39. The number of piperazine rings is 1. The number of amides is 1. The van der Waals surface area contributed by atoms with E-state index in [1.807, 2.05) is 0 Å². The number of hydrogen-bond donors (Lipinski definition) is 3. The number of guanidine groups is 1. The van der Waals surface area contributed by atoms with Crippen LogP contribution in [-0.2, 0) is 0 Å². The van der Waals surface area contributed by atoms with Gasteiger partial charge in [0, 0.05) is 44.8 Å². The van der Waals surface area contributed by atoms with Gasteiger partial charge in [-0.15, -0.1) is 11.3 Å². The first-order valence-electron chi connectivity index (χ1n) is 9.56. The minimum Gasteiger partial charge on any atom is -0.508 e. The second-order valence-corrected chi connectivity index (χ2v) is 7.39. The van der Waals surface area contributed by atoms with Crippen molar-refractivity contribution in [2.24, 2.45) is 4.99 Å². The molecule has 0 atom stereocenters. The maximum Gasteiger partial charge on any atom is 0.251 e. The summed E-state index contributed by atoms with van der Waals surface area (Å²) in [5.41, 5.74) is 0.526. The molecule has 1 saturated heterocycles. The third-order valence-corrected chi connectivity index (χ3v) is 5.45. The normalized spacial score (nSPS) is 14.8. The molecule has 1 aliphatic heterocycles. The lowest BCUT2D eigenvalue weighted by Gasteiger charge is -2.37. The Kier molecular flexibility index (Phi) is 7.13. The van der Waals surface area contributed by atoms with Crippen LogP contribution in [0, 0.1) is 0 Å². The average Bonchev–Trinajstić information content (AvgIpc) is 3.26. The summed E-state index contributed by atoms with van der Waals surface area (Å²) in [4.78, 5) is 21.4. The maximum absolute atomic E-state index is 12.1. The smallest absolute Gasteiger partial charge is 0.251 e. The van der Waals surface area contributed by atoms with Crippen LogP contribution in [0.25, 0.3) is 0 Å². The molecule has 0 bridgehead atoms. The van der Waals surface area contributed by atoms with Gasteiger partial charge in [0.2, 0.25) is 0 Å². The molecule has 28 heavy (non-hydrogen) atoms. The van der Waals surface area contributed by atoms with Gasteiger partial charge in [0.1, 0.15) is 5.75 Å². The van der Waals surface area contributed by atoms with Gasteiger partial charge in [-0.3, -0.25) is 9.79 Å². The van der Waals surface area contributed by atoms with Crippen LogP contribution in [0.5, 0.6) is 5.75 Å². The Morgan fingerprint density at radius 2 is 1.89 bits per heavy atom. The quantitative estimate of drug-likeness (QED) is 0.392.